The molecule has 7 heteroatoms. The van der Waals surface area contributed by atoms with E-state index < -0.39 is 0 Å². The SMILES string of the molecule is CNCCNc1nc(CN(C)C)nc2ccccc12.O=Cc1cccc(Oc2ccccc2)c1. The summed E-state index contributed by atoms with van der Waals surface area (Å²) in [6, 6.07) is 24.6. The Hall–Kier alpha value is -3.81. The third kappa shape index (κ3) is 7.65. The van der Waals surface area contributed by atoms with Crippen LogP contribution in [0.4, 0.5) is 5.82 Å². The van der Waals surface area contributed by atoms with Crippen LogP contribution in [0.5, 0.6) is 11.5 Å². The van der Waals surface area contributed by atoms with Crippen LogP contribution in [0, 0.1) is 0 Å². The molecule has 0 unspecified atom stereocenters. The second kappa shape index (κ2) is 13.0. The van der Waals surface area contributed by atoms with Gasteiger partial charge in [0.2, 0.25) is 0 Å². The molecule has 0 fully saturated rings. The molecule has 1 aromatic heterocycles. The minimum atomic E-state index is 0.614. The van der Waals surface area contributed by atoms with Crippen molar-refractivity contribution in [2.24, 2.45) is 0 Å². The predicted molar refractivity (Wildman–Crippen MR) is 138 cm³/mol. The Kier molecular flexibility index (Phi) is 9.52. The minimum Gasteiger partial charge on any atom is -0.457 e. The third-order valence-corrected chi connectivity index (χ3v) is 4.75. The number of nitrogens with zero attached hydrogens (tertiary/aromatic N) is 3. The molecule has 7 nitrogen and oxygen atoms in total. The fourth-order valence-electron chi connectivity index (χ4n) is 3.19. The Balaban J connectivity index is 0.000000196. The highest BCUT2D eigenvalue weighted by atomic mass is 16.5. The van der Waals surface area contributed by atoms with Crippen molar-refractivity contribution in [2.75, 3.05) is 39.5 Å². The monoisotopic (exact) mass is 457 g/mol. The molecule has 4 aromatic rings. The van der Waals surface area contributed by atoms with Gasteiger partial charge in [-0.15, -0.1) is 0 Å². The van der Waals surface area contributed by atoms with Crippen molar-refractivity contribution in [3.8, 4) is 11.5 Å². The number of hydrogen-bond donors (Lipinski definition) is 2. The Labute approximate surface area is 200 Å². The fraction of sp³-hybridized carbons (Fsp3) is 0.222. The molecule has 0 bridgehead atoms. The standard InChI is InChI=1S/C14H21N5.C13H10O2/c1-15-8-9-16-14-11-6-4-5-7-12(11)17-13(18-14)10-19(2)3;14-10-11-5-4-8-13(9-11)15-12-6-2-1-3-7-12/h4-7,15H,8-10H2,1-3H3,(H,16,17,18);1-10H. The molecule has 0 saturated carbocycles. The van der Waals surface area contributed by atoms with E-state index in [1.54, 1.807) is 18.2 Å². The maximum absolute atomic E-state index is 10.6. The van der Waals surface area contributed by atoms with Crippen LogP contribution in [0.2, 0.25) is 0 Å². The molecule has 0 aliphatic rings. The van der Waals surface area contributed by atoms with Crippen molar-refractivity contribution in [2.45, 2.75) is 6.54 Å². The number of nitrogens with one attached hydrogen (secondary N) is 2. The number of para-hydroxylation sites is 2. The van der Waals surface area contributed by atoms with Crippen molar-refractivity contribution in [1.82, 2.24) is 20.2 Å². The van der Waals surface area contributed by atoms with Gasteiger partial charge >= 0.3 is 0 Å². The van der Waals surface area contributed by atoms with E-state index in [1.165, 1.54) is 0 Å². The number of anilines is 1. The van der Waals surface area contributed by atoms with Gasteiger partial charge in [-0.3, -0.25) is 4.79 Å². The molecule has 1 heterocycles. The zero-order valence-corrected chi connectivity index (χ0v) is 19.9. The Morgan fingerprint density at radius 3 is 2.35 bits per heavy atom. The average molecular weight is 458 g/mol. The highest BCUT2D eigenvalue weighted by Gasteiger charge is 2.07. The third-order valence-electron chi connectivity index (χ3n) is 4.75. The summed E-state index contributed by atoms with van der Waals surface area (Å²) in [6.45, 7) is 2.49. The van der Waals surface area contributed by atoms with Gasteiger partial charge in [-0.25, -0.2) is 9.97 Å². The minimum absolute atomic E-state index is 0.614. The van der Waals surface area contributed by atoms with Gasteiger partial charge in [-0.2, -0.15) is 0 Å². The molecule has 4 rings (SSSR count). The number of likely N-dealkylation sites (N-methyl/N-ethyl adjacent to an activating group) is 1. The lowest BCUT2D eigenvalue weighted by molar-refractivity contribution is 0.112. The topological polar surface area (TPSA) is 79.4 Å². The first kappa shape index (κ1) is 24.8. The van der Waals surface area contributed by atoms with Crippen LogP contribution < -0.4 is 15.4 Å². The Bertz CT molecular complexity index is 1180. The second-order valence-electron chi connectivity index (χ2n) is 7.88. The Morgan fingerprint density at radius 1 is 0.882 bits per heavy atom. The highest BCUT2D eigenvalue weighted by Crippen LogP contribution is 2.21. The molecule has 0 saturated heterocycles. The summed E-state index contributed by atoms with van der Waals surface area (Å²) in [7, 11) is 5.98. The van der Waals surface area contributed by atoms with Crippen molar-refractivity contribution in [3.05, 3.63) is 90.3 Å². The molecule has 0 spiro atoms. The maximum Gasteiger partial charge on any atom is 0.150 e. The van der Waals surface area contributed by atoms with E-state index in [1.807, 2.05) is 75.7 Å². The second-order valence-corrected chi connectivity index (χ2v) is 7.88. The molecule has 0 amide bonds. The van der Waals surface area contributed by atoms with E-state index in [0.717, 1.165) is 54.2 Å². The van der Waals surface area contributed by atoms with E-state index in [2.05, 4.69) is 31.6 Å². The number of aldehydes is 1. The average Bonchev–Trinajstić information content (AvgIpc) is 2.85. The predicted octanol–water partition coefficient (Wildman–Crippen LogP) is 4.61. The van der Waals surface area contributed by atoms with Crippen molar-refractivity contribution >= 4 is 23.0 Å². The quantitative estimate of drug-likeness (QED) is 0.281. The molecule has 176 valence electrons. The van der Waals surface area contributed by atoms with E-state index in [4.69, 9.17) is 4.74 Å². The van der Waals surface area contributed by atoms with Gasteiger partial charge in [-0.1, -0.05) is 42.5 Å². The van der Waals surface area contributed by atoms with Crippen molar-refractivity contribution in [1.29, 1.82) is 0 Å². The van der Waals surface area contributed by atoms with Crippen LogP contribution >= 0.6 is 0 Å². The lowest BCUT2D eigenvalue weighted by Crippen LogP contribution is -2.19. The smallest absolute Gasteiger partial charge is 0.150 e. The van der Waals surface area contributed by atoms with Crippen molar-refractivity contribution in [3.63, 3.8) is 0 Å². The van der Waals surface area contributed by atoms with Gasteiger partial charge in [0.15, 0.2) is 0 Å². The van der Waals surface area contributed by atoms with Crippen LogP contribution in [0.15, 0.2) is 78.9 Å². The summed E-state index contributed by atoms with van der Waals surface area (Å²) in [5.41, 5.74) is 1.60. The molecular weight excluding hydrogens is 426 g/mol. The summed E-state index contributed by atoms with van der Waals surface area (Å²) >= 11 is 0. The van der Waals surface area contributed by atoms with E-state index in [0.29, 0.717) is 11.3 Å². The number of rotatable bonds is 9. The zero-order chi connectivity index (χ0) is 24.2. The molecule has 0 atom stereocenters. The summed E-state index contributed by atoms with van der Waals surface area (Å²) in [5, 5.41) is 7.56. The molecule has 0 aliphatic carbocycles. The number of carbonyl (C=O) groups excluding carboxylic acids is 1. The van der Waals surface area contributed by atoms with E-state index in [-0.39, 0.29) is 0 Å². The zero-order valence-electron chi connectivity index (χ0n) is 19.9. The first-order chi connectivity index (χ1) is 16.6. The molecule has 0 radical (unpaired) electrons. The van der Waals surface area contributed by atoms with Crippen LogP contribution in [-0.2, 0) is 6.54 Å². The largest absolute Gasteiger partial charge is 0.457 e. The first-order valence-corrected chi connectivity index (χ1v) is 11.2. The van der Waals surface area contributed by atoms with Crippen LogP contribution in [-0.4, -0.2) is 55.4 Å². The number of ether oxygens (including phenoxy) is 1. The van der Waals surface area contributed by atoms with Gasteiger partial charge in [-0.05, 0) is 57.5 Å². The van der Waals surface area contributed by atoms with Gasteiger partial charge < -0.3 is 20.3 Å². The van der Waals surface area contributed by atoms with E-state index in [9.17, 15) is 4.79 Å². The number of fused-ring (bicyclic) bond motifs is 1. The summed E-state index contributed by atoms with van der Waals surface area (Å²) in [6.07, 6.45) is 0.803. The number of aromatic nitrogens is 2. The molecule has 34 heavy (non-hydrogen) atoms. The molecular formula is C27H31N5O2. The molecule has 2 N–H and O–H groups in total. The van der Waals surface area contributed by atoms with Gasteiger partial charge in [0, 0.05) is 24.0 Å². The maximum atomic E-state index is 10.6. The normalized spacial score (nSPS) is 10.5. The number of hydrogen-bond acceptors (Lipinski definition) is 7. The van der Waals surface area contributed by atoms with E-state index >= 15 is 0 Å². The lowest BCUT2D eigenvalue weighted by Gasteiger charge is -2.13. The van der Waals surface area contributed by atoms with Crippen LogP contribution in [0.25, 0.3) is 10.9 Å². The lowest BCUT2D eigenvalue weighted by atomic mass is 10.2. The van der Waals surface area contributed by atoms with Gasteiger partial charge in [0.05, 0.1) is 12.1 Å². The molecule has 3 aromatic carbocycles. The van der Waals surface area contributed by atoms with Gasteiger partial charge in [0.25, 0.3) is 0 Å². The highest BCUT2D eigenvalue weighted by molar-refractivity contribution is 5.88. The van der Waals surface area contributed by atoms with Gasteiger partial charge in [0.1, 0.15) is 29.4 Å². The first-order valence-electron chi connectivity index (χ1n) is 11.2. The van der Waals surface area contributed by atoms with Crippen LogP contribution in [0.3, 0.4) is 0 Å². The Morgan fingerprint density at radius 2 is 1.62 bits per heavy atom. The number of carbonyl (C=O) groups is 1. The summed E-state index contributed by atoms with van der Waals surface area (Å²) in [5.74, 6) is 3.19. The van der Waals surface area contributed by atoms with Crippen LogP contribution in [0.1, 0.15) is 16.2 Å². The number of benzene rings is 3. The van der Waals surface area contributed by atoms with Crippen molar-refractivity contribution < 1.29 is 9.53 Å². The fourth-order valence-corrected chi connectivity index (χ4v) is 3.19. The summed E-state index contributed by atoms with van der Waals surface area (Å²) < 4.78 is 5.56. The molecule has 0 aliphatic heterocycles. The summed E-state index contributed by atoms with van der Waals surface area (Å²) in [4.78, 5) is 21.8.